The van der Waals surface area contributed by atoms with Gasteiger partial charge in [-0.1, -0.05) is 60.5 Å². The summed E-state index contributed by atoms with van der Waals surface area (Å²) in [7, 11) is -1.92. The maximum Gasteiger partial charge on any atom is 0.258 e. The number of nitrogens with zero attached hydrogens (tertiary/aromatic N) is 3. The first-order chi connectivity index (χ1) is 10.7. The highest BCUT2D eigenvalue weighted by molar-refractivity contribution is 6.77. The van der Waals surface area contributed by atoms with Gasteiger partial charge in [-0.15, -0.1) is 0 Å². The van der Waals surface area contributed by atoms with Crippen LogP contribution in [0, 0.1) is 11.8 Å². The Bertz CT molecular complexity index is 443. The molecule has 0 aliphatic heterocycles. The smallest absolute Gasteiger partial charge is 0.258 e. The molecule has 23 heavy (non-hydrogen) atoms. The van der Waals surface area contributed by atoms with Crippen molar-refractivity contribution in [3.05, 3.63) is 22.3 Å². The summed E-state index contributed by atoms with van der Waals surface area (Å²) in [4.78, 5) is 3.06. The van der Waals surface area contributed by atoms with Gasteiger partial charge in [-0.25, -0.2) is 0 Å². The molecule has 0 aromatic carbocycles. The van der Waals surface area contributed by atoms with Crippen molar-refractivity contribution < 1.29 is 4.43 Å². The first-order valence-corrected chi connectivity index (χ1v) is 11.2. The first kappa shape index (κ1) is 20.1. The Labute approximate surface area is 143 Å². The molecule has 0 amide bonds. The molecule has 0 aromatic rings. The third-order valence-corrected chi connectivity index (χ3v) is 11.6. The van der Waals surface area contributed by atoms with Crippen LogP contribution in [0.4, 0.5) is 0 Å². The van der Waals surface area contributed by atoms with Gasteiger partial charge in [-0.3, -0.25) is 0 Å². The summed E-state index contributed by atoms with van der Waals surface area (Å²) in [5.74, 6) is 2.01. The Morgan fingerprint density at radius 2 is 1.61 bits per heavy atom. The molecule has 4 nitrogen and oxygen atoms in total. The highest BCUT2D eigenvalue weighted by Crippen LogP contribution is 2.45. The Morgan fingerprint density at radius 3 is 2.00 bits per heavy atom. The van der Waals surface area contributed by atoms with Crippen LogP contribution in [0.15, 0.2) is 16.9 Å². The van der Waals surface area contributed by atoms with Crippen LogP contribution in [0.3, 0.4) is 0 Å². The topological polar surface area (TPSA) is 58.0 Å². The normalized spacial score (nSPS) is 22.5. The van der Waals surface area contributed by atoms with Gasteiger partial charge in [0.15, 0.2) is 0 Å². The monoisotopic (exact) mass is 337 g/mol. The van der Waals surface area contributed by atoms with Crippen LogP contribution in [0.25, 0.3) is 10.4 Å². The van der Waals surface area contributed by atoms with Crippen molar-refractivity contribution in [3.63, 3.8) is 0 Å². The van der Waals surface area contributed by atoms with E-state index in [2.05, 4.69) is 71.5 Å². The molecule has 0 bridgehead atoms. The summed E-state index contributed by atoms with van der Waals surface area (Å²) in [6.07, 6.45) is 4.13. The molecule has 0 aromatic heterocycles. The molecule has 132 valence electrons. The average molecular weight is 338 g/mol. The van der Waals surface area contributed by atoms with Gasteiger partial charge in [-0.2, -0.15) is 0 Å². The van der Waals surface area contributed by atoms with Gasteiger partial charge in [0.05, 0.1) is 11.8 Å². The van der Waals surface area contributed by atoms with Crippen molar-refractivity contribution in [3.8, 4) is 0 Å². The van der Waals surface area contributed by atoms with E-state index in [1.165, 1.54) is 0 Å². The third kappa shape index (κ3) is 4.33. The number of hydrogen-bond donors (Lipinski definition) is 0. The quantitative estimate of drug-likeness (QED) is 0.218. The van der Waals surface area contributed by atoms with Gasteiger partial charge in [0, 0.05) is 11.3 Å². The molecule has 0 heterocycles. The second-order valence-corrected chi connectivity index (χ2v) is 13.6. The molecule has 0 radical (unpaired) electrons. The maximum absolute atomic E-state index is 8.90. The van der Waals surface area contributed by atoms with E-state index in [9.17, 15) is 0 Å². The lowest BCUT2D eigenvalue weighted by atomic mass is 9.81. The summed E-state index contributed by atoms with van der Waals surface area (Å²) in [5, 5.41) is 4.04. The summed E-state index contributed by atoms with van der Waals surface area (Å²) in [6.45, 7) is 18.2. The van der Waals surface area contributed by atoms with Gasteiger partial charge in [0.2, 0.25) is 0 Å². The van der Waals surface area contributed by atoms with Gasteiger partial charge >= 0.3 is 0 Å². The van der Waals surface area contributed by atoms with Crippen LogP contribution in [-0.4, -0.2) is 14.4 Å². The zero-order valence-corrected chi connectivity index (χ0v) is 17.2. The summed E-state index contributed by atoms with van der Waals surface area (Å²) >= 11 is 0. The second kappa shape index (κ2) is 8.25. The van der Waals surface area contributed by atoms with Gasteiger partial charge in [-0.05, 0) is 46.5 Å². The highest BCUT2D eigenvalue weighted by Gasteiger charge is 2.47. The molecule has 0 spiro atoms. The number of rotatable bonds is 7. The van der Waals surface area contributed by atoms with Crippen LogP contribution >= 0.6 is 0 Å². The van der Waals surface area contributed by atoms with Crippen LogP contribution in [-0.2, 0) is 4.43 Å². The highest BCUT2D eigenvalue weighted by atomic mass is 28.4. The van der Waals surface area contributed by atoms with E-state index in [1.54, 1.807) is 0 Å². The molecule has 0 N–H and O–H groups in total. The summed E-state index contributed by atoms with van der Waals surface area (Å²) in [5.41, 5.74) is 10.6. The minimum atomic E-state index is -1.92. The summed E-state index contributed by atoms with van der Waals surface area (Å²) in [6, 6.07) is -0.0677. The van der Waals surface area contributed by atoms with Crippen LogP contribution in [0.1, 0.15) is 68.2 Å². The number of hydrogen-bond acceptors (Lipinski definition) is 2. The van der Waals surface area contributed by atoms with Crippen LogP contribution in [0.2, 0.25) is 16.6 Å². The molecule has 0 saturated carbocycles. The zero-order chi connectivity index (χ0) is 17.8. The second-order valence-electron chi connectivity index (χ2n) is 8.19. The Hall–Kier alpha value is -0.933. The Kier molecular flexibility index (Phi) is 7.21. The lowest BCUT2D eigenvalue weighted by molar-refractivity contribution is 0.266. The minimum absolute atomic E-state index is 0.0677. The SMILES string of the molecule is CC(C)[C@H]1CCC(O[Si](C(C)C)(C(C)C)C(C)C)=C[C@H]1N=[N+]=[N-]. The minimum Gasteiger partial charge on any atom is -0.546 e. The fraction of sp³-hybridized carbons (Fsp3) is 0.889. The van der Waals surface area contributed by atoms with Crippen molar-refractivity contribution in [1.82, 2.24) is 0 Å². The molecular weight excluding hydrogens is 302 g/mol. The molecule has 1 aliphatic rings. The molecular formula is C18H35N3OSi. The predicted molar refractivity (Wildman–Crippen MR) is 101 cm³/mol. The van der Waals surface area contributed by atoms with Crippen molar-refractivity contribution in [2.24, 2.45) is 17.0 Å². The van der Waals surface area contributed by atoms with Crippen molar-refractivity contribution in [2.45, 2.75) is 90.9 Å². The van der Waals surface area contributed by atoms with Crippen LogP contribution in [0.5, 0.6) is 0 Å². The van der Waals surface area contributed by atoms with Crippen molar-refractivity contribution in [1.29, 1.82) is 0 Å². The van der Waals surface area contributed by atoms with E-state index >= 15 is 0 Å². The van der Waals surface area contributed by atoms with E-state index in [1.807, 2.05) is 0 Å². The Balaban J connectivity index is 3.14. The Morgan fingerprint density at radius 1 is 1.09 bits per heavy atom. The number of azide groups is 1. The standard InChI is InChI=1S/C18H35N3OSi/c1-12(2)17-10-9-16(11-18(17)20-21-19)22-23(13(3)4,14(5)6)15(7)8/h11-15,17-18H,9-10H2,1-8H3/t17-,18-/m1/s1. The van der Waals surface area contributed by atoms with Gasteiger partial charge in [0.25, 0.3) is 8.32 Å². The van der Waals surface area contributed by atoms with Crippen molar-refractivity contribution in [2.75, 3.05) is 0 Å². The molecule has 0 unspecified atom stereocenters. The lowest BCUT2D eigenvalue weighted by Gasteiger charge is -2.44. The molecule has 5 heteroatoms. The fourth-order valence-electron chi connectivity index (χ4n) is 4.45. The first-order valence-electron chi connectivity index (χ1n) is 9.10. The van der Waals surface area contributed by atoms with E-state index < -0.39 is 8.32 Å². The molecule has 0 fully saturated rings. The van der Waals surface area contributed by atoms with Crippen LogP contribution < -0.4 is 0 Å². The van der Waals surface area contributed by atoms with E-state index in [0.29, 0.717) is 28.5 Å². The predicted octanol–water partition coefficient (Wildman–Crippen LogP) is 6.81. The molecule has 0 saturated heterocycles. The lowest BCUT2D eigenvalue weighted by Crippen LogP contribution is -2.48. The molecule has 2 atom stereocenters. The van der Waals surface area contributed by atoms with E-state index in [0.717, 1.165) is 18.6 Å². The van der Waals surface area contributed by atoms with Gasteiger partial charge < -0.3 is 4.43 Å². The zero-order valence-electron chi connectivity index (χ0n) is 16.2. The van der Waals surface area contributed by atoms with Crippen molar-refractivity contribution >= 4 is 8.32 Å². The summed E-state index contributed by atoms with van der Waals surface area (Å²) < 4.78 is 6.78. The van der Waals surface area contributed by atoms with E-state index in [-0.39, 0.29) is 6.04 Å². The number of allylic oxidation sites excluding steroid dienone is 1. The van der Waals surface area contributed by atoms with Gasteiger partial charge in [0.1, 0.15) is 0 Å². The molecule has 1 rings (SSSR count). The molecule has 1 aliphatic carbocycles. The van der Waals surface area contributed by atoms with E-state index in [4.69, 9.17) is 9.96 Å². The largest absolute Gasteiger partial charge is 0.546 e. The third-order valence-electron chi connectivity index (χ3n) is 5.58. The fourth-order valence-corrected chi connectivity index (χ4v) is 9.78. The average Bonchev–Trinajstić information content (AvgIpc) is 2.43. The maximum atomic E-state index is 8.90.